The van der Waals surface area contributed by atoms with Crippen LogP contribution < -0.4 is 10.2 Å². The zero-order valence-corrected chi connectivity index (χ0v) is 12.6. The lowest BCUT2D eigenvalue weighted by Gasteiger charge is -2.28. The maximum atomic E-state index is 12.7. The number of amides is 2. The summed E-state index contributed by atoms with van der Waals surface area (Å²) in [5, 5.41) is 2.65. The Hall–Kier alpha value is -2.73. The van der Waals surface area contributed by atoms with Crippen molar-refractivity contribution in [3.05, 3.63) is 59.9 Å². The number of hydrogen-bond donors (Lipinski definition) is 1. The molecule has 2 amide bonds. The highest BCUT2D eigenvalue weighted by atomic mass is 32.1. The molecule has 110 valence electrons. The Morgan fingerprint density at radius 1 is 1.09 bits per heavy atom. The first kappa shape index (κ1) is 14.2. The van der Waals surface area contributed by atoms with Crippen LogP contribution in [0.3, 0.4) is 0 Å². The summed E-state index contributed by atoms with van der Waals surface area (Å²) in [6.45, 7) is 0. The summed E-state index contributed by atoms with van der Waals surface area (Å²) >= 11 is 5.13. The van der Waals surface area contributed by atoms with Gasteiger partial charge in [0.1, 0.15) is 5.57 Å². The van der Waals surface area contributed by atoms with Crippen LogP contribution in [0.1, 0.15) is 5.69 Å². The molecule has 2 heterocycles. The highest BCUT2D eigenvalue weighted by Crippen LogP contribution is 2.21. The molecule has 1 N–H and O–H groups in total. The van der Waals surface area contributed by atoms with E-state index in [9.17, 15) is 9.59 Å². The molecule has 0 spiro atoms. The first-order valence-electron chi connectivity index (χ1n) is 6.66. The molecule has 0 aliphatic carbocycles. The number of para-hydroxylation sites is 1. The van der Waals surface area contributed by atoms with Gasteiger partial charge in [-0.15, -0.1) is 0 Å². The number of aromatic nitrogens is 1. The molecular weight excluding hydrogens is 298 g/mol. The minimum atomic E-state index is -0.483. The van der Waals surface area contributed by atoms with Crippen molar-refractivity contribution < 1.29 is 9.59 Å². The van der Waals surface area contributed by atoms with E-state index in [1.54, 1.807) is 18.2 Å². The van der Waals surface area contributed by atoms with Crippen LogP contribution in [-0.2, 0) is 16.6 Å². The SMILES string of the molecule is Cn1cccc1/C=C1\C(=O)NC(=S)N(c2ccccc2)C1=O. The van der Waals surface area contributed by atoms with Gasteiger partial charge in [0.2, 0.25) is 0 Å². The number of carbonyl (C=O) groups excluding carboxylic acids is 2. The quantitative estimate of drug-likeness (QED) is 0.523. The second-order valence-electron chi connectivity index (χ2n) is 4.84. The van der Waals surface area contributed by atoms with Crippen LogP contribution >= 0.6 is 12.2 Å². The minimum Gasteiger partial charge on any atom is -0.351 e. The lowest BCUT2D eigenvalue weighted by atomic mass is 10.1. The third-order valence-electron chi connectivity index (χ3n) is 3.39. The molecule has 0 saturated carbocycles. The van der Waals surface area contributed by atoms with Gasteiger partial charge in [-0.25, -0.2) is 0 Å². The second kappa shape index (κ2) is 5.57. The van der Waals surface area contributed by atoms with Crippen LogP contribution in [0.5, 0.6) is 0 Å². The fourth-order valence-electron chi connectivity index (χ4n) is 2.24. The van der Waals surface area contributed by atoms with Gasteiger partial charge in [0.15, 0.2) is 5.11 Å². The van der Waals surface area contributed by atoms with Crippen LogP contribution in [0.25, 0.3) is 6.08 Å². The zero-order valence-electron chi connectivity index (χ0n) is 11.8. The van der Waals surface area contributed by atoms with Crippen LogP contribution in [0.15, 0.2) is 54.2 Å². The van der Waals surface area contributed by atoms with Crippen LogP contribution in [-0.4, -0.2) is 21.5 Å². The van der Waals surface area contributed by atoms with Crippen LogP contribution in [0.2, 0.25) is 0 Å². The Kier molecular flexibility index (Phi) is 3.60. The normalized spacial score (nSPS) is 17.0. The molecule has 6 heteroatoms. The molecule has 0 unspecified atom stereocenters. The Morgan fingerprint density at radius 3 is 2.45 bits per heavy atom. The molecule has 5 nitrogen and oxygen atoms in total. The van der Waals surface area contributed by atoms with Gasteiger partial charge in [-0.3, -0.25) is 19.8 Å². The number of aryl methyl sites for hydroxylation is 1. The van der Waals surface area contributed by atoms with E-state index in [0.29, 0.717) is 5.69 Å². The van der Waals surface area contributed by atoms with Gasteiger partial charge in [-0.2, -0.15) is 0 Å². The summed E-state index contributed by atoms with van der Waals surface area (Å²) < 4.78 is 1.83. The van der Waals surface area contributed by atoms with Gasteiger partial charge in [-0.1, -0.05) is 18.2 Å². The smallest absolute Gasteiger partial charge is 0.270 e. The molecule has 1 aromatic carbocycles. The van der Waals surface area contributed by atoms with E-state index in [2.05, 4.69) is 5.32 Å². The first-order valence-corrected chi connectivity index (χ1v) is 7.06. The lowest BCUT2D eigenvalue weighted by molar-refractivity contribution is -0.122. The molecule has 22 heavy (non-hydrogen) atoms. The van der Waals surface area contributed by atoms with Crippen molar-refractivity contribution in [3.63, 3.8) is 0 Å². The predicted molar refractivity (Wildman–Crippen MR) is 88.1 cm³/mol. The van der Waals surface area contributed by atoms with Crippen molar-refractivity contribution in [2.45, 2.75) is 0 Å². The topological polar surface area (TPSA) is 54.3 Å². The molecule has 1 saturated heterocycles. The summed E-state index contributed by atoms with van der Waals surface area (Å²) in [5.74, 6) is -0.912. The third-order valence-corrected chi connectivity index (χ3v) is 3.68. The number of nitrogens with zero attached hydrogens (tertiary/aromatic N) is 2. The highest BCUT2D eigenvalue weighted by Gasteiger charge is 2.34. The molecule has 0 bridgehead atoms. The van der Waals surface area contributed by atoms with Gasteiger partial charge in [0.05, 0.1) is 5.69 Å². The van der Waals surface area contributed by atoms with Crippen LogP contribution in [0.4, 0.5) is 5.69 Å². The van der Waals surface area contributed by atoms with Gasteiger partial charge in [0, 0.05) is 18.9 Å². The van der Waals surface area contributed by atoms with Gasteiger partial charge in [0.25, 0.3) is 11.8 Å². The first-order chi connectivity index (χ1) is 10.6. The third kappa shape index (κ3) is 2.44. The molecule has 1 aliphatic heterocycles. The standard InChI is InChI=1S/C16H13N3O2S/c1-18-9-5-8-12(18)10-13-14(20)17-16(22)19(15(13)21)11-6-3-2-4-7-11/h2-10H,1H3,(H,17,20,22)/b13-10+. The van der Waals surface area contributed by atoms with Crippen molar-refractivity contribution in [1.82, 2.24) is 9.88 Å². The average molecular weight is 311 g/mol. The number of thiocarbonyl (C=S) groups is 1. The molecule has 1 fully saturated rings. The fourth-order valence-corrected chi connectivity index (χ4v) is 2.52. The van der Waals surface area contributed by atoms with E-state index in [-0.39, 0.29) is 10.7 Å². The number of benzene rings is 1. The summed E-state index contributed by atoms with van der Waals surface area (Å²) in [5.41, 5.74) is 1.44. The minimum absolute atomic E-state index is 0.0549. The second-order valence-corrected chi connectivity index (χ2v) is 5.22. The number of hydrogen-bond acceptors (Lipinski definition) is 3. The summed E-state index contributed by atoms with van der Waals surface area (Å²) in [7, 11) is 1.84. The summed E-state index contributed by atoms with van der Waals surface area (Å²) in [4.78, 5) is 26.1. The highest BCUT2D eigenvalue weighted by molar-refractivity contribution is 7.80. The van der Waals surface area contributed by atoms with Crippen molar-refractivity contribution in [3.8, 4) is 0 Å². The predicted octanol–water partition coefficient (Wildman–Crippen LogP) is 1.86. The lowest BCUT2D eigenvalue weighted by Crippen LogP contribution is -2.54. The molecule has 0 atom stereocenters. The summed E-state index contributed by atoms with van der Waals surface area (Å²) in [6.07, 6.45) is 3.41. The number of carbonyl (C=O) groups is 2. The molecule has 1 aromatic heterocycles. The summed E-state index contributed by atoms with van der Waals surface area (Å²) in [6, 6.07) is 12.7. The van der Waals surface area contributed by atoms with E-state index in [0.717, 1.165) is 5.69 Å². The van der Waals surface area contributed by atoms with Crippen LogP contribution in [0, 0.1) is 0 Å². The van der Waals surface area contributed by atoms with Crippen molar-refractivity contribution in [1.29, 1.82) is 0 Å². The fraction of sp³-hybridized carbons (Fsp3) is 0.0625. The van der Waals surface area contributed by atoms with E-state index in [4.69, 9.17) is 12.2 Å². The van der Waals surface area contributed by atoms with E-state index >= 15 is 0 Å². The van der Waals surface area contributed by atoms with Crippen molar-refractivity contribution >= 4 is 40.9 Å². The van der Waals surface area contributed by atoms with E-state index in [1.165, 1.54) is 4.90 Å². The monoisotopic (exact) mass is 311 g/mol. The van der Waals surface area contributed by atoms with Gasteiger partial charge >= 0.3 is 0 Å². The van der Waals surface area contributed by atoms with Crippen molar-refractivity contribution in [2.24, 2.45) is 7.05 Å². The Labute approximate surface area is 132 Å². The van der Waals surface area contributed by atoms with E-state index in [1.807, 2.05) is 48.1 Å². The molecule has 0 radical (unpaired) electrons. The molecular formula is C16H13N3O2S. The van der Waals surface area contributed by atoms with Gasteiger partial charge < -0.3 is 4.57 Å². The maximum absolute atomic E-state index is 12.7. The Bertz CT molecular complexity index is 793. The average Bonchev–Trinajstić information content (AvgIpc) is 2.89. The zero-order chi connectivity index (χ0) is 15.7. The maximum Gasteiger partial charge on any atom is 0.270 e. The Balaban J connectivity index is 2.03. The molecule has 1 aliphatic rings. The molecule has 2 aromatic rings. The number of anilines is 1. The van der Waals surface area contributed by atoms with E-state index < -0.39 is 11.8 Å². The Morgan fingerprint density at radius 2 is 1.82 bits per heavy atom. The largest absolute Gasteiger partial charge is 0.351 e. The van der Waals surface area contributed by atoms with Gasteiger partial charge in [-0.05, 0) is 42.6 Å². The molecule has 3 rings (SSSR count). The number of nitrogens with one attached hydrogen (secondary N) is 1. The number of rotatable bonds is 2. The van der Waals surface area contributed by atoms with Crippen molar-refractivity contribution in [2.75, 3.05) is 4.90 Å².